The minimum absolute atomic E-state index is 0.0123. The average molecular weight is 306 g/mol. The van der Waals surface area contributed by atoms with Crippen LogP contribution in [0.15, 0.2) is 24.3 Å². The Balaban J connectivity index is 2.74. The molecule has 0 saturated heterocycles. The SMILES string of the molecule is CC(C)(C)CCC(NC(=O)c1ccc(C(N)=O)cc1)C(=O)O. The molecular formula is C16H22N2O4. The molecule has 0 spiro atoms. The van der Waals surface area contributed by atoms with Crippen LogP contribution in [0, 0.1) is 5.41 Å². The van der Waals surface area contributed by atoms with Crippen LogP contribution in [-0.2, 0) is 4.79 Å². The van der Waals surface area contributed by atoms with E-state index in [-0.39, 0.29) is 11.0 Å². The van der Waals surface area contributed by atoms with Crippen LogP contribution >= 0.6 is 0 Å². The molecule has 6 nitrogen and oxygen atoms in total. The van der Waals surface area contributed by atoms with Crippen LogP contribution in [0.2, 0.25) is 0 Å². The predicted octanol–water partition coefficient (Wildman–Crippen LogP) is 1.79. The molecular weight excluding hydrogens is 284 g/mol. The summed E-state index contributed by atoms with van der Waals surface area (Å²) in [5.41, 5.74) is 5.69. The van der Waals surface area contributed by atoms with E-state index in [9.17, 15) is 19.5 Å². The standard InChI is InChI=1S/C16H22N2O4/c1-16(2,3)9-8-12(15(21)22)18-14(20)11-6-4-10(5-7-11)13(17)19/h4-7,12H,8-9H2,1-3H3,(H2,17,19)(H,18,20)(H,21,22). The minimum Gasteiger partial charge on any atom is -0.480 e. The van der Waals surface area contributed by atoms with Crippen molar-refractivity contribution in [1.82, 2.24) is 5.32 Å². The van der Waals surface area contributed by atoms with Crippen molar-refractivity contribution in [2.24, 2.45) is 11.1 Å². The monoisotopic (exact) mass is 306 g/mol. The first-order chi connectivity index (χ1) is 10.1. The maximum absolute atomic E-state index is 12.1. The molecule has 0 saturated carbocycles. The summed E-state index contributed by atoms with van der Waals surface area (Å²) >= 11 is 0. The summed E-state index contributed by atoms with van der Waals surface area (Å²) in [7, 11) is 0. The molecule has 0 fully saturated rings. The maximum Gasteiger partial charge on any atom is 0.326 e. The van der Waals surface area contributed by atoms with E-state index in [1.807, 2.05) is 20.8 Å². The average Bonchev–Trinajstić information content (AvgIpc) is 2.41. The molecule has 22 heavy (non-hydrogen) atoms. The van der Waals surface area contributed by atoms with Gasteiger partial charge in [-0.15, -0.1) is 0 Å². The third-order valence-corrected chi connectivity index (χ3v) is 3.22. The van der Waals surface area contributed by atoms with Crippen molar-refractivity contribution in [2.75, 3.05) is 0 Å². The van der Waals surface area contributed by atoms with Crippen molar-refractivity contribution >= 4 is 17.8 Å². The number of carboxylic acid groups (broad SMARTS) is 1. The lowest BCUT2D eigenvalue weighted by Crippen LogP contribution is -2.41. The second kappa shape index (κ2) is 7.06. The van der Waals surface area contributed by atoms with Crippen molar-refractivity contribution in [3.63, 3.8) is 0 Å². The normalized spacial score (nSPS) is 12.5. The highest BCUT2D eigenvalue weighted by Gasteiger charge is 2.23. The van der Waals surface area contributed by atoms with Crippen LogP contribution in [0.1, 0.15) is 54.3 Å². The van der Waals surface area contributed by atoms with Gasteiger partial charge in [-0.05, 0) is 42.5 Å². The quantitative estimate of drug-likeness (QED) is 0.744. The third-order valence-electron chi connectivity index (χ3n) is 3.22. The van der Waals surface area contributed by atoms with E-state index in [0.717, 1.165) is 0 Å². The first kappa shape index (κ1) is 17.7. The number of primary amides is 1. The molecule has 0 bridgehead atoms. The van der Waals surface area contributed by atoms with Gasteiger partial charge in [0.05, 0.1) is 0 Å². The van der Waals surface area contributed by atoms with E-state index in [4.69, 9.17) is 5.73 Å². The number of hydrogen-bond donors (Lipinski definition) is 3. The first-order valence-electron chi connectivity index (χ1n) is 7.04. The maximum atomic E-state index is 12.1. The topological polar surface area (TPSA) is 109 Å². The van der Waals surface area contributed by atoms with Gasteiger partial charge in [0, 0.05) is 11.1 Å². The van der Waals surface area contributed by atoms with Gasteiger partial charge < -0.3 is 16.2 Å². The lowest BCUT2D eigenvalue weighted by Gasteiger charge is -2.21. The molecule has 120 valence electrons. The van der Waals surface area contributed by atoms with Crippen molar-refractivity contribution in [3.8, 4) is 0 Å². The summed E-state index contributed by atoms with van der Waals surface area (Å²) in [6.45, 7) is 6.03. The highest BCUT2D eigenvalue weighted by Crippen LogP contribution is 2.21. The lowest BCUT2D eigenvalue weighted by atomic mass is 9.88. The van der Waals surface area contributed by atoms with Gasteiger partial charge in [-0.25, -0.2) is 4.79 Å². The second-order valence-electron chi connectivity index (χ2n) is 6.41. The van der Waals surface area contributed by atoms with Crippen molar-refractivity contribution in [3.05, 3.63) is 35.4 Å². The molecule has 4 N–H and O–H groups in total. The number of nitrogens with one attached hydrogen (secondary N) is 1. The molecule has 1 rings (SSSR count). The zero-order chi connectivity index (χ0) is 16.9. The molecule has 2 amide bonds. The number of benzene rings is 1. The predicted molar refractivity (Wildman–Crippen MR) is 82.5 cm³/mol. The number of rotatable bonds is 6. The molecule has 0 radical (unpaired) electrons. The van der Waals surface area contributed by atoms with Crippen LogP contribution in [0.4, 0.5) is 0 Å². The van der Waals surface area contributed by atoms with Crippen molar-refractivity contribution < 1.29 is 19.5 Å². The molecule has 1 unspecified atom stereocenters. The van der Waals surface area contributed by atoms with Crippen LogP contribution in [0.5, 0.6) is 0 Å². The molecule has 0 aliphatic carbocycles. The Bertz CT molecular complexity index is 559. The molecule has 1 aromatic rings. The fraction of sp³-hybridized carbons (Fsp3) is 0.438. The number of carbonyl (C=O) groups excluding carboxylic acids is 2. The zero-order valence-corrected chi connectivity index (χ0v) is 13.1. The Kier molecular flexibility index (Phi) is 5.68. The Labute approximate surface area is 129 Å². The summed E-state index contributed by atoms with van der Waals surface area (Å²) in [6, 6.07) is 4.81. The smallest absolute Gasteiger partial charge is 0.326 e. The van der Waals surface area contributed by atoms with Crippen LogP contribution < -0.4 is 11.1 Å². The van der Waals surface area contributed by atoms with Crippen LogP contribution in [-0.4, -0.2) is 28.9 Å². The molecule has 0 aliphatic heterocycles. The van der Waals surface area contributed by atoms with Gasteiger partial charge >= 0.3 is 5.97 Å². The van der Waals surface area contributed by atoms with Crippen molar-refractivity contribution in [1.29, 1.82) is 0 Å². The highest BCUT2D eigenvalue weighted by atomic mass is 16.4. The van der Waals surface area contributed by atoms with E-state index in [0.29, 0.717) is 18.4 Å². The van der Waals surface area contributed by atoms with E-state index < -0.39 is 23.8 Å². The molecule has 0 aromatic heterocycles. The van der Waals surface area contributed by atoms with E-state index >= 15 is 0 Å². The summed E-state index contributed by atoms with van der Waals surface area (Å²) in [6.07, 6.45) is 1.02. The second-order valence-corrected chi connectivity index (χ2v) is 6.41. The Morgan fingerprint density at radius 2 is 1.64 bits per heavy atom. The largest absolute Gasteiger partial charge is 0.480 e. The van der Waals surface area contributed by atoms with E-state index in [2.05, 4.69) is 5.32 Å². The third kappa shape index (κ3) is 5.55. The molecule has 6 heteroatoms. The van der Waals surface area contributed by atoms with E-state index in [1.165, 1.54) is 24.3 Å². The Hall–Kier alpha value is -2.37. The number of amides is 2. The fourth-order valence-corrected chi connectivity index (χ4v) is 1.86. The van der Waals surface area contributed by atoms with Crippen LogP contribution in [0.3, 0.4) is 0 Å². The molecule has 1 atom stereocenters. The first-order valence-corrected chi connectivity index (χ1v) is 7.04. The molecule has 0 aliphatic rings. The van der Waals surface area contributed by atoms with E-state index in [1.54, 1.807) is 0 Å². The molecule has 0 heterocycles. The zero-order valence-electron chi connectivity index (χ0n) is 13.1. The number of hydrogen-bond acceptors (Lipinski definition) is 3. The van der Waals surface area contributed by atoms with Gasteiger partial charge in [0.2, 0.25) is 5.91 Å². The van der Waals surface area contributed by atoms with Gasteiger partial charge in [0.25, 0.3) is 5.91 Å². The van der Waals surface area contributed by atoms with Crippen molar-refractivity contribution in [2.45, 2.75) is 39.7 Å². The van der Waals surface area contributed by atoms with Gasteiger partial charge in [-0.2, -0.15) is 0 Å². The van der Waals surface area contributed by atoms with Crippen LogP contribution in [0.25, 0.3) is 0 Å². The van der Waals surface area contributed by atoms with Gasteiger partial charge in [0.15, 0.2) is 0 Å². The summed E-state index contributed by atoms with van der Waals surface area (Å²) in [5.74, 6) is -2.13. The number of carboxylic acids is 1. The van der Waals surface area contributed by atoms with Gasteiger partial charge in [-0.3, -0.25) is 9.59 Å². The minimum atomic E-state index is -1.06. The Morgan fingerprint density at radius 1 is 1.14 bits per heavy atom. The number of nitrogens with two attached hydrogens (primary N) is 1. The highest BCUT2D eigenvalue weighted by molar-refractivity contribution is 5.98. The molecule has 1 aromatic carbocycles. The number of carbonyl (C=O) groups is 3. The lowest BCUT2D eigenvalue weighted by molar-refractivity contribution is -0.139. The summed E-state index contributed by atoms with van der Waals surface area (Å²) < 4.78 is 0. The fourth-order valence-electron chi connectivity index (χ4n) is 1.86. The Morgan fingerprint density at radius 3 is 2.05 bits per heavy atom. The van der Waals surface area contributed by atoms with Gasteiger partial charge in [0.1, 0.15) is 6.04 Å². The summed E-state index contributed by atoms with van der Waals surface area (Å²) in [5, 5.41) is 11.7. The van der Waals surface area contributed by atoms with Gasteiger partial charge in [-0.1, -0.05) is 20.8 Å². The summed E-state index contributed by atoms with van der Waals surface area (Å²) in [4.78, 5) is 34.3. The number of aliphatic carboxylic acids is 1.